The maximum Gasteiger partial charge on any atom is 0.416 e. The molecule has 158 valence electrons. The first-order valence-corrected chi connectivity index (χ1v) is 9.66. The minimum absolute atomic E-state index is 0.0701. The molecule has 2 heterocycles. The Morgan fingerprint density at radius 2 is 1.84 bits per heavy atom. The van der Waals surface area contributed by atoms with Crippen LogP contribution in [0.2, 0.25) is 0 Å². The Hall–Kier alpha value is -3.94. The number of nitrogens with zero attached hydrogens (tertiary/aromatic N) is 1. The zero-order valence-electron chi connectivity index (χ0n) is 16.3. The minimum Gasteiger partial charge on any atom is -0.480 e. The Balaban J connectivity index is 1.90. The molecule has 2 bridgehead atoms. The van der Waals surface area contributed by atoms with Crippen molar-refractivity contribution in [3.63, 3.8) is 0 Å². The molecule has 0 aliphatic carbocycles. The first-order valence-electron chi connectivity index (χ1n) is 9.66. The van der Waals surface area contributed by atoms with Gasteiger partial charge in [-0.3, -0.25) is 4.79 Å². The molecule has 0 fully saturated rings. The summed E-state index contributed by atoms with van der Waals surface area (Å²) >= 11 is 0. The van der Waals surface area contributed by atoms with Crippen molar-refractivity contribution in [1.29, 1.82) is 0 Å². The quantitative estimate of drug-likeness (QED) is 0.558. The summed E-state index contributed by atoms with van der Waals surface area (Å²) < 4.78 is 15.2. The lowest BCUT2D eigenvalue weighted by molar-refractivity contribution is -0.141. The van der Waals surface area contributed by atoms with Gasteiger partial charge in [-0.25, -0.2) is 18.5 Å². The monoisotopic (exact) mass is 422 g/mol. The molecule has 31 heavy (non-hydrogen) atoms. The summed E-state index contributed by atoms with van der Waals surface area (Å²) in [7, 11) is 0. The van der Waals surface area contributed by atoms with E-state index in [0.29, 0.717) is 39.7 Å². The summed E-state index contributed by atoms with van der Waals surface area (Å²) in [5, 5.41) is 22.4. The lowest BCUT2D eigenvalue weighted by atomic mass is 10.0. The van der Waals surface area contributed by atoms with E-state index < -0.39 is 29.8 Å². The average Bonchev–Trinajstić information content (AvgIpc) is 3.00. The van der Waals surface area contributed by atoms with Crippen LogP contribution in [0, 0.1) is 5.82 Å². The molecule has 0 radical (unpaired) electrons. The third-order valence-electron chi connectivity index (χ3n) is 5.27. The van der Waals surface area contributed by atoms with Crippen LogP contribution in [-0.2, 0) is 28.9 Å². The number of rotatable bonds is 1. The molecular weight excluding hydrogens is 403 g/mol. The Labute approximate surface area is 176 Å². The van der Waals surface area contributed by atoms with E-state index in [1.807, 2.05) is 0 Å². The smallest absolute Gasteiger partial charge is 0.416 e. The number of carbonyl (C=O) groups excluding carboxylic acids is 1. The second-order valence-electron chi connectivity index (χ2n) is 7.41. The number of halogens is 1. The van der Waals surface area contributed by atoms with E-state index >= 15 is 0 Å². The maximum atomic E-state index is 14.1. The second-order valence-corrected chi connectivity index (χ2v) is 7.41. The Morgan fingerprint density at radius 1 is 1.10 bits per heavy atom. The van der Waals surface area contributed by atoms with Gasteiger partial charge in [-0.15, -0.1) is 0 Å². The van der Waals surface area contributed by atoms with Crippen molar-refractivity contribution in [2.45, 2.75) is 25.3 Å². The molecule has 1 aliphatic rings. The van der Waals surface area contributed by atoms with E-state index in [1.54, 1.807) is 42.5 Å². The van der Waals surface area contributed by atoms with Crippen molar-refractivity contribution in [3.05, 3.63) is 76.7 Å². The molecule has 3 N–H and O–H groups in total. The third kappa shape index (κ3) is 4.05. The summed E-state index contributed by atoms with van der Waals surface area (Å²) in [5.74, 6) is -2.31. The highest BCUT2D eigenvalue weighted by Gasteiger charge is 2.25. The first kappa shape index (κ1) is 20.3. The van der Waals surface area contributed by atoms with Gasteiger partial charge in [0.05, 0.1) is 17.6 Å². The summed E-state index contributed by atoms with van der Waals surface area (Å²) in [6, 6.07) is 9.83. The molecule has 0 saturated heterocycles. The predicted octanol–water partition coefficient (Wildman–Crippen LogP) is 3.23. The number of aromatic nitrogens is 1. The number of hydrogen-bond acceptors (Lipinski definition) is 3. The molecule has 1 aliphatic heterocycles. The van der Waals surface area contributed by atoms with Crippen molar-refractivity contribution in [2.75, 3.05) is 0 Å². The lowest BCUT2D eigenvalue weighted by Crippen LogP contribution is -2.43. The van der Waals surface area contributed by atoms with Gasteiger partial charge in [0.2, 0.25) is 5.91 Å². The predicted molar refractivity (Wildman–Crippen MR) is 111 cm³/mol. The molecule has 1 atom stereocenters. The zero-order valence-corrected chi connectivity index (χ0v) is 16.3. The van der Waals surface area contributed by atoms with Crippen LogP contribution < -0.4 is 5.32 Å². The minimum atomic E-state index is -1.24. The van der Waals surface area contributed by atoms with Crippen molar-refractivity contribution >= 4 is 34.9 Å². The van der Waals surface area contributed by atoms with E-state index in [1.165, 1.54) is 12.1 Å². The number of hydrogen-bond donors (Lipinski definition) is 3. The fraction of sp³-hybridized carbons (Fsp3) is 0.174. The number of carboxylic acid groups (broad SMARTS) is 2. The van der Waals surface area contributed by atoms with Crippen molar-refractivity contribution in [2.24, 2.45) is 0 Å². The fourth-order valence-corrected chi connectivity index (χ4v) is 3.99. The molecule has 0 spiro atoms. The average molecular weight is 422 g/mol. The number of benzene rings is 2. The highest BCUT2D eigenvalue weighted by Crippen LogP contribution is 2.28. The van der Waals surface area contributed by atoms with Crippen LogP contribution in [0.3, 0.4) is 0 Å². The zero-order chi connectivity index (χ0) is 22.1. The molecule has 1 amide bonds. The molecule has 4 rings (SSSR count). The third-order valence-corrected chi connectivity index (χ3v) is 5.27. The van der Waals surface area contributed by atoms with Crippen LogP contribution in [0.5, 0.6) is 0 Å². The van der Waals surface area contributed by atoms with E-state index in [-0.39, 0.29) is 12.8 Å². The van der Waals surface area contributed by atoms with Gasteiger partial charge in [0.15, 0.2) is 0 Å². The van der Waals surface area contributed by atoms with Gasteiger partial charge in [0, 0.05) is 11.8 Å². The van der Waals surface area contributed by atoms with Crippen LogP contribution in [0.4, 0.5) is 9.18 Å². The number of para-hydroxylation sites is 1. The van der Waals surface area contributed by atoms with Crippen LogP contribution in [-0.4, -0.2) is 38.8 Å². The number of amides is 1. The molecule has 1 aromatic heterocycles. The second kappa shape index (κ2) is 8.06. The highest BCUT2D eigenvalue weighted by molar-refractivity contribution is 5.98. The van der Waals surface area contributed by atoms with Gasteiger partial charge in [-0.05, 0) is 47.4 Å². The van der Waals surface area contributed by atoms with Crippen LogP contribution >= 0.6 is 0 Å². The fourth-order valence-electron chi connectivity index (χ4n) is 3.99. The van der Waals surface area contributed by atoms with Gasteiger partial charge >= 0.3 is 12.1 Å². The van der Waals surface area contributed by atoms with Crippen LogP contribution in [0.1, 0.15) is 22.4 Å². The van der Waals surface area contributed by atoms with Gasteiger partial charge in [0.25, 0.3) is 0 Å². The van der Waals surface area contributed by atoms with E-state index in [9.17, 15) is 29.0 Å². The summed E-state index contributed by atoms with van der Waals surface area (Å²) in [4.78, 5) is 36.5. The Morgan fingerprint density at radius 3 is 2.58 bits per heavy atom. The van der Waals surface area contributed by atoms with Crippen LogP contribution in [0.15, 0.2) is 48.5 Å². The molecule has 2 aromatic carbocycles. The number of carbonyl (C=O) groups is 3. The lowest BCUT2D eigenvalue weighted by Gasteiger charge is -2.15. The van der Waals surface area contributed by atoms with Gasteiger partial charge < -0.3 is 15.5 Å². The van der Waals surface area contributed by atoms with Crippen LogP contribution in [0.25, 0.3) is 17.0 Å². The van der Waals surface area contributed by atoms with Crippen molar-refractivity contribution < 1.29 is 29.0 Å². The SMILES string of the molecule is O=C1Cc2c(n(C(=O)O)c3ccccc23)/C=C/Cc2cc(F)cc(c2)C[C@@H](C(=O)O)N1. The summed E-state index contributed by atoms with van der Waals surface area (Å²) in [6.45, 7) is 0. The topological polar surface area (TPSA) is 109 Å². The van der Waals surface area contributed by atoms with E-state index in [2.05, 4.69) is 5.32 Å². The molecule has 0 saturated carbocycles. The molecule has 7 nitrogen and oxygen atoms in total. The summed E-state index contributed by atoms with van der Waals surface area (Å²) in [5.41, 5.74) is 2.28. The van der Waals surface area contributed by atoms with Gasteiger partial charge in [-0.2, -0.15) is 0 Å². The van der Waals surface area contributed by atoms with E-state index in [0.717, 1.165) is 4.57 Å². The van der Waals surface area contributed by atoms with Gasteiger partial charge in [0.1, 0.15) is 11.9 Å². The molecule has 3 aromatic rings. The number of aliphatic carboxylic acids is 1. The highest BCUT2D eigenvalue weighted by atomic mass is 19.1. The number of carboxylic acids is 1. The number of allylic oxidation sites excluding steroid dienone is 1. The molecule has 0 unspecified atom stereocenters. The summed E-state index contributed by atoms with van der Waals surface area (Å²) in [6.07, 6.45) is 2.15. The Kier molecular flexibility index (Phi) is 5.29. The van der Waals surface area contributed by atoms with E-state index in [4.69, 9.17) is 0 Å². The maximum absolute atomic E-state index is 14.1. The largest absolute Gasteiger partial charge is 0.480 e. The number of fused-ring (bicyclic) bond motifs is 5. The molecular formula is C23H19FN2O5. The first-order chi connectivity index (χ1) is 14.8. The van der Waals surface area contributed by atoms with Crippen molar-refractivity contribution in [1.82, 2.24) is 9.88 Å². The standard InChI is InChI=1S/C23H19FN2O5/c24-15-9-13-4-3-7-20-17(16-5-1-2-6-19(16)26(20)23(30)31)12-21(27)25-18(22(28)29)11-14(8-13)10-15/h1-3,5-10,18H,4,11-12H2,(H,25,27)(H,28,29)(H,30,31)/b7-3+/t18-/m0/s1. The molecule has 8 heteroatoms. The van der Waals surface area contributed by atoms with Gasteiger partial charge in [-0.1, -0.05) is 30.3 Å². The number of nitrogens with one attached hydrogen (secondary N) is 1. The van der Waals surface area contributed by atoms with Crippen molar-refractivity contribution in [3.8, 4) is 0 Å². The Bertz CT molecular complexity index is 1240. The normalized spacial score (nSPS) is 17.6.